The van der Waals surface area contributed by atoms with E-state index in [1.54, 1.807) is 23.6 Å². The molecule has 1 aromatic carbocycles. The smallest absolute Gasteiger partial charge is 0.129 e. The van der Waals surface area contributed by atoms with Crippen LogP contribution in [0.2, 0.25) is 0 Å². The lowest BCUT2D eigenvalue weighted by atomic mass is 10.1. The van der Waals surface area contributed by atoms with Gasteiger partial charge >= 0.3 is 0 Å². The zero-order valence-corrected chi connectivity index (χ0v) is 11.7. The van der Waals surface area contributed by atoms with Gasteiger partial charge in [-0.25, -0.2) is 9.37 Å². The number of nitrogens with one attached hydrogen (secondary N) is 1. The monoisotopic (exact) mass is 314 g/mol. The average Bonchev–Trinajstić information content (AvgIpc) is 2.78. The Morgan fingerprint density at radius 2 is 2.35 bits per heavy atom. The van der Waals surface area contributed by atoms with Crippen molar-refractivity contribution in [3.8, 4) is 0 Å². The van der Waals surface area contributed by atoms with Gasteiger partial charge in [0.15, 0.2) is 0 Å². The molecule has 0 bridgehead atoms. The summed E-state index contributed by atoms with van der Waals surface area (Å²) >= 11 is 4.84. The lowest BCUT2D eigenvalue weighted by molar-refractivity contribution is 0.527. The second-order valence-corrected chi connectivity index (χ2v) is 5.59. The Kier molecular flexibility index (Phi) is 4.25. The molecule has 0 amide bonds. The number of rotatable bonds is 4. The van der Waals surface area contributed by atoms with Gasteiger partial charge in [-0.2, -0.15) is 0 Å². The maximum absolute atomic E-state index is 13.7. The molecular formula is C12H12BrFN2S. The van der Waals surface area contributed by atoms with E-state index in [0.29, 0.717) is 12.1 Å². The van der Waals surface area contributed by atoms with Gasteiger partial charge in [0.25, 0.3) is 0 Å². The fourth-order valence-corrected chi connectivity index (χ4v) is 2.44. The predicted octanol–water partition coefficient (Wildman–Crippen LogP) is 3.90. The Hall–Kier alpha value is -0.780. The molecule has 1 atom stereocenters. The van der Waals surface area contributed by atoms with E-state index in [9.17, 15) is 4.39 Å². The maximum atomic E-state index is 13.7. The van der Waals surface area contributed by atoms with Crippen LogP contribution in [-0.2, 0) is 6.54 Å². The van der Waals surface area contributed by atoms with Gasteiger partial charge < -0.3 is 5.32 Å². The molecule has 5 heteroatoms. The van der Waals surface area contributed by atoms with E-state index in [-0.39, 0.29) is 11.9 Å². The molecule has 1 unspecified atom stereocenters. The van der Waals surface area contributed by atoms with Crippen LogP contribution in [0.15, 0.2) is 34.2 Å². The van der Waals surface area contributed by atoms with E-state index in [1.807, 2.05) is 18.4 Å². The van der Waals surface area contributed by atoms with E-state index in [2.05, 4.69) is 26.2 Å². The summed E-state index contributed by atoms with van der Waals surface area (Å²) in [6, 6.07) is 5.09. The van der Waals surface area contributed by atoms with Crippen molar-refractivity contribution in [2.24, 2.45) is 0 Å². The normalized spacial score (nSPS) is 12.6. The summed E-state index contributed by atoms with van der Waals surface area (Å²) in [5.74, 6) is -0.196. The molecule has 1 N–H and O–H groups in total. The van der Waals surface area contributed by atoms with Gasteiger partial charge in [0.2, 0.25) is 0 Å². The number of benzene rings is 1. The molecule has 0 fully saturated rings. The largest absolute Gasteiger partial charge is 0.304 e. The molecule has 90 valence electrons. The van der Waals surface area contributed by atoms with Gasteiger partial charge in [-0.1, -0.05) is 22.0 Å². The standard InChI is InChI=1S/C12H12BrFN2S/c1-8(16-7-12-15-4-5-17-12)10-3-2-9(13)6-11(10)14/h2-6,8,16H,7H2,1H3. The number of thiazole rings is 1. The van der Waals surface area contributed by atoms with Crippen LogP contribution in [0.1, 0.15) is 23.5 Å². The molecule has 0 aliphatic carbocycles. The van der Waals surface area contributed by atoms with Crippen LogP contribution in [0.3, 0.4) is 0 Å². The third-order valence-electron chi connectivity index (χ3n) is 2.47. The SMILES string of the molecule is CC(NCc1nccs1)c1ccc(Br)cc1F. The molecule has 2 nitrogen and oxygen atoms in total. The van der Waals surface area contributed by atoms with Crippen molar-refractivity contribution < 1.29 is 4.39 Å². The molecule has 0 saturated carbocycles. The van der Waals surface area contributed by atoms with Crippen molar-refractivity contribution in [1.29, 1.82) is 0 Å². The quantitative estimate of drug-likeness (QED) is 0.926. The molecule has 0 spiro atoms. The fraction of sp³-hybridized carbons (Fsp3) is 0.250. The second-order valence-electron chi connectivity index (χ2n) is 3.69. The van der Waals surface area contributed by atoms with Gasteiger partial charge in [-0.05, 0) is 19.1 Å². The van der Waals surface area contributed by atoms with Crippen LogP contribution < -0.4 is 5.32 Å². The van der Waals surface area contributed by atoms with E-state index in [0.717, 1.165) is 9.48 Å². The highest BCUT2D eigenvalue weighted by Crippen LogP contribution is 2.21. The first kappa shape index (κ1) is 12.7. The summed E-state index contributed by atoms with van der Waals surface area (Å²) in [4.78, 5) is 4.17. The minimum atomic E-state index is -0.196. The highest BCUT2D eigenvalue weighted by atomic mass is 79.9. The number of nitrogens with zero attached hydrogens (tertiary/aromatic N) is 1. The van der Waals surface area contributed by atoms with Crippen LogP contribution in [-0.4, -0.2) is 4.98 Å². The molecule has 0 aliphatic heterocycles. The summed E-state index contributed by atoms with van der Waals surface area (Å²) in [5, 5.41) is 6.20. The Morgan fingerprint density at radius 3 is 3.00 bits per heavy atom. The van der Waals surface area contributed by atoms with Crippen molar-refractivity contribution in [3.63, 3.8) is 0 Å². The molecule has 0 saturated heterocycles. The number of aromatic nitrogens is 1. The Balaban J connectivity index is 2.01. The summed E-state index contributed by atoms with van der Waals surface area (Å²) in [6.45, 7) is 2.61. The Labute approximate surface area is 112 Å². The van der Waals surface area contributed by atoms with Gasteiger partial charge in [-0.15, -0.1) is 11.3 Å². The van der Waals surface area contributed by atoms with Gasteiger partial charge in [0.1, 0.15) is 10.8 Å². The average molecular weight is 315 g/mol. The van der Waals surface area contributed by atoms with Gasteiger partial charge in [-0.3, -0.25) is 0 Å². The number of halogens is 2. The van der Waals surface area contributed by atoms with E-state index in [4.69, 9.17) is 0 Å². The molecule has 1 aromatic heterocycles. The molecule has 1 heterocycles. The first-order valence-electron chi connectivity index (χ1n) is 5.23. The summed E-state index contributed by atoms with van der Waals surface area (Å²) < 4.78 is 14.4. The third-order valence-corrected chi connectivity index (χ3v) is 3.74. The molecule has 0 radical (unpaired) electrons. The Morgan fingerprint density at radius 1 is 1.53 bits per heavy atom. The number of hydrogen-bond donors (Lipinski definition) is 1. The minimum Gasteiger partial charge on any atom is -0.304 e. The number of hydrogen-bond acceptors (Lipinski definition) is 3. The van der Waals surface area contributed by atoms with E-state index < -0.39 is 0 Å². The minimum absolute atomic E-state index is 0.0352. The van der Waals surface area contributed by atoms with Gasteiger partial charge in [0, 0.05) is 34.2 Å². The van der Waals surface area contributed by atoms with Crippen molar-refractivity contribution in [1.82, 2.24) is 10.3 Å². The van der Waals surface area contributed by atoms with E-state index >= 15 is 0 Å². The van der Waals surface area contributed by atoms with Crippen LogP contribution >= 0.6 is 27.3 Å². The molecular weight excluding hydrogens is 303 g/mol. The van der Waals surface area contributed by atoms with Crippen LogP contribution in [0, 0.1) is 5.82 Å². The Bertz CT molecular complexity index is 487. The summed E-state index contributed by atoms with van der Waals surface area (Å²) in [6.07, 6.45) is 1.77. The fourth-order valence-electron chi connectivity index (χ4n) is 1.54. The highest BCUT2D eigenvalue weighted by Gasteiger charge is 2.11. The summed E-state index contributed by atoms with van der Waals surface area (Å²) in [5.41, 5.74) is 0.671. The topological polar surface area (TPSA) is 24.9 Å². The molecule has 2 rings (SSSR count). The molecule has 2 aromatic rings. The molecule has 0 aliphatic rings. The van der Waals surface area contributed by atoms with Gasteiger partial charge in [0.05, 0.1) is 0 Å². The van der Waals surface area contributed by atoms with Crippen LogP contribution in [0.4, 0.5) is 4.39 Å². The van der Waals surface area contributed by atoms with Crippen LogP contribution in [0.25, 0.3) is 0 Å². The van der Waals surface area contributed by atoms with Crippen molar-refractivity contribution in [2.75, 3.05) is 0 Å². The third kappa shape index (κ3) is 3.34. The zero-order chi connectivity index (χ0) is 12.3. The zero-order valence-electron chi connectivity index (χ0n) is 9.28. The first-order valence-corrected chi connectivity index (χ1v) is 6.91. The van der Waals surface area contributed by atoms with Crippen molar-refractivity contribution in [3.05, 3.63) is 50.6 Å². The lowest BCUT2D eigenvalue weighted by Crippen LogP contribution is -2.19. The molecule has 17 heavy (non-hydrogen) atoms. The van der Waals surface area contributed by atoms with Crippen molar-refractivity contribution in [2.45, 2.75) is 19.5 Å². The van der Waals surface area contributed by atoms with Crippen molar-refractivity contribution >= 4 is 27.3 Å². The lowest BCUT2D eigenvalue weighted by Gasteiger charge is -2.14. The van der Waals surface area contributed by atoms with E-state index in [1.165, 1.54) is 6.07 Å². The van der Waals surface area contributed by atoms with Crippen LogP contribution in [0.5, 0.6) is 0 Å². The second kappa shape index (κ2) is 5.71. The highest BCUT2D eigenvalue weighted by molar-refractivity contribution is 9.10. The maximum Gasteiger partial charge on any atom is 0.129 e. The predicted molar refractivity (Wildman–Crippen MR) is 71.5 cm³/mol. The summed E-state index contributed by atoms with van der Waals surface area (Å²) in [7, 11) is 0. The first-order chi connectivity index (χ1) is 8.16.